The van der Waals surface area contributed by atoms with Crippen molar-refractivity contribution in [1.82, 2.24) is 9.78 Å². The van der Waals surface area contributed by atoms with Gasteiger partial charge in [0, 0.05) is 25.9 Å². The monoisotopic (exact) mass is 297 g/mol. The summed E-state index contributed by atoms with van der Waals surface area (Å²) in [5, 5.41) is 18.3. The molecule has 1 saturated heterocycles. The third-order valence-electron chi connectivity index (χ3n) is 3.23. The predicted octanol–water partition coefficient (Wildman–Crippen LogP) is -0.758. The summed E-state index contributed by atoms with van der Waals surface area (Å²) in [4.78, 5) is 13.5. The molecule has 2 rings (SSSR count). The number of nitrogens with two attached hydrogens (primary N) is 1. The van der Waals surface area contributed by atoms with Crippen LogP contribution in [0.1, 0.15) is 17.7 Å². The zero-order valence-electron chi connectivity index (χ0n) is 11.2. The summed E-state index contributed by atoms with van der Waals surface area (Å²) in [6.45, 7) is 1.91. The Bertz CT molecular complexity index is 700. The zero-order chi connectivity index (χ0) is 15.1. The Morgan fingerprint density at radius 2 is 2.20 bits per heavy atom. The fourth-order valence-electron chi connectivity index (χ4n) is 2.51. The van der Waals surface area contributed by atoms with Gasteiger partial charge in [0.15, 0.2) is 5.82 Å². The molecule has 1 aliphatic heterocycles. The molecule has 0 spiro atoms. The second-order valence-corrected chi connectivity index (χ2v) is 6.58. The fourth-order valence-corrected chi connectivity index (χ4v) is 3.39. The minimum Gasteiger partial charge on any atom is -0.296 e. The van der Waals surface area contributed by atoms with Gasteiger partial charge in [0.1, 0.15) is 11.6 Å². The van der Waals surface area contributed by atoms with Crippen LogP contribution in [0.5, 0.6) is 0 Å². The third kappa shape index (κ3) is 2.66. The molecule has 1 fully saturated rings. The zero-order valence-corrected chi connectivity index (χ0v) is 12.0. The standard InChI is InChI=1S/C11H15N5O3S/c1-7-9(4-12)11(15(2)14-7)16-5-8(3-10(16)17)6-20(13,18)19/h8H,3,5-6H2,1-2H3,(H2,13,18,19). The average Bonchev–Trinajstić information content (AvgIpc) is 2.76. The summed E-state index contributed by atoms with van der Waals surface area (Å²) in [6.07, 6.45) is 0.103. The Kier molecular flexibility index (Phi) is 3.54. The van der Waals surface area contributed by atoms with E-state index < -0.39 is 10.0 Å². The van der Waals surface area contributed by atoms with Gasteiger partial charge in [-0.25, -0.2) is 13.6 Å². The molecular formula is C11H15N5O3S. The predicted molar refractivity (Wildman–Crippen MR) is 71.1 cm³/mol. The van der Waals surface area contributed by atoms with Gasteiger partial charge in [-0.3, -0.25) is 14.4 Å². The van der Waals surface area contributed by atoms with Gasteiger partial charge in [0.25, 0.3) is 0 Å². The van der Waals surface area contributed by atoms with Crippen LogP contribution in [0.2, 0.25) is 0 Å². The lowest BCUT2D eigenvalue weighted by atomic mass is 10.1. The first-order chi connectivity index (χ1) is 9.23. The number of rotatable bonds is 3. The van der Waals surface area contributed by atoms with Crippen LogP contribution in [0.15, 0.2) is 0 Å². The summed E-state index contributed by atoms with van der Waals surface area (Å²) in [6, 6.07) is 2.03. The molecule has 8 nitrogen and oxygen atoms in total. The topological polar surface area (TPSA) is 122 Å². The van der Waals surface area contributed by atoms with E-state index in [1.54, 1.807) is 14.0 Å². The van der Waals surface area contributed by atoms with Crippen molar-refractivity contribution in [1.29, 1.82) is 5.26 Å². The molecule has 0 radical (unpaired) electrons. The summed E-state index contributed by atoms with van der Waals surface area (Å²) in [5.41, 5.74) is 0.866. The molecule has 9 heteroatoms. The van der Waals surface area contributed by atoms with E-state index in [0.29, 0.717) is 17.1 Å². The van der Waals surface area contributed by atoms with Gasteiger partial charge in [-0.2, -0.15) is 10.4 Å². The number of nitriles is 1. The smallest absolute Gasteiger partial charge is 0.228 e. The molecule has 2 heterocycles. The highest BCUT2D eigenvalue weighted by molar-refractivity contribution is 7.89. The highest BCUT2D eigenvalue weighted by atomic mass is 32.2. The van der Waals surface area contributed by atoms with Crippen molar-refractivity contribution in [2.24, 2.45) is 18.1 Å². The average molecular weight is 297 g/mol. The van der Waals surface area contributed by atoms with Crippen LogP contribution in [-0.2, 0) is 21.9 Å². The van der Waals surface area contributed by atoms with Crippen molar-refractivity contribution in [3.8, 4) is 6.07 Å². The van der Waals surface area contributed by atoms with E-state index in [0.717, 1.165) is 0 Å². The largest absolute Gasteiger partial charge is 0.296 e. The molecule has 2 N–H and O–H groups in total. The van der Waals surface area contributed by atoms with Gasteiger partial charge in [0.05, 0.1) is 11.4 Å². The number of aryl methyl sites for hydroxylation is 2. The van der Waals surface area contributed by atoms with Crippen LogP contribution in [0.3, 0.4) is 0 Å². The van der Waals surface area contributed by atoms with Crippen LogP contribution in [-0.4, -0.2) is 36.4 Å². The highest BCUT2D eigenvalue weighted by Crippen LogP contribution is 2.29. The molecule has 1 amide bonds. The number of sulfonamides is 1. The minimum absolute atomic E-state index is 0.103. The van der Waals surface area contributed by atoms with E-state index in [1.807, 2.05) is 6.07 Å². The van der Waals surface area contributed by atoms with E-state index in [-0.39, 0.29) is 30.5 Å². The van der Waals surface area contributed by atoms with E-state index >= 15 is 0 Å². The Balaban J connectivity index is 2.32. The van der Waals surface area contributed by atoms with E-state index in [9.17, 15) is 13.2 Å². The first kappa shape index (κ1) is 14.5. The maximum Gasteiger partial charge on any atom is 0.228 e. The summed E-state index contributed by atoms with van der Waals surface area (Å²) in [7, 11) is -1.98. The first-order valence-electron chi connectivity index (χ1n) is 5.97. The molecule has 108 valence electrons. The maximum atomic E-state index is 12.0. The number of primary sulfonamides is 1. The lowest BCUT2D eigenvalue weighted by Gasteiger charge is -2.16. The molecular weight excluding hydrogens is 282 g/mol. The fraction of sp³-hybridized carbons (Fsp3) is 0.545. The van der Waals surface area contributed by atoms with Crippen LogP contribution in [0.25, 0.3) is 0 Å². The van der Waals surface area contributed by atoms with Gasteiger partial charge in [-0.05, 0) is 6.92 Å². The Labute approximate surface area is 116 Å². The van der Waals surface area contributed by atoms with Crippen molar-refractivity contribution < 1.29 is 13.2 Å². The highest BCUT2D eigenvalue weighted by Gasteiger charge is 2.36. The Hall–Kier alpha value is -1.92. The summed E-state index contributed by atoms with van der Waals surface area (Å²) in [5.74, 6) is -0.419. The molecule has 0 saturated carbocycles. The van der Waals surface area contributed by atoms with Crippen LogP contribution < -0.4 is 10.0 Å². The molecule has 1 unspecified atom stereocenters. The van der Waals surface area contributed by atoms with Crippen molar-refractivity contribution in [3.05, 3.63) is 11.3 Å². The number of carbonyl (C=O) groups is 1. The van der Waals surface area contributed by atoms with Crippen molar-refractivity contribution in [3.63, 3.8) is 0 Å². The SMILES string of the molecule is Cc1nn(C)c(N2CC(CS(N)(=O)=O)CC2=O)c1C#N. The second-order valence-electron chi connectivity index (χ2n) is 4.92. The molecule has 0 bridgehead atoms. The minimum atomic E-state index is -3.62. The van der Waals surface area contributed by atoms with Crippen LogP contribution in [0.4, 0.5) is 5.82 Å². The number of carbonyl (C=O) groups excluding carboxylic acids is 1. The second kappa shape index (κ2) is 4.88. The maximum absolute atomic E-state index is 12.0. The molecule has 1 aliphatic rings. The number of amides is 1. The van der Waals surface area contributed by atoms with Gasteiger partial charge >= 0.3 is 0 Å². The number of aromatic nitrogens is 2. The Morgan fingerprint density at radius 3 is 2.75 bits per heavy atom. The van der Waals surface area contributed by atoms with Crippen molar-refractivity contribution in [2.75, 3.05) is 17.2 Å². The number of hydrogen-bond acceptors (Lipinski definition) is 5. The molecule has 0 aromatic carbocycles. The van der Waals surface area contributed by atoms with Crippen LogP contribution in [0, 0.1) is 24.2 Å². The van der Waals surface area contributed by atoms with Gasteiger partial charge in [-0.15, -0.1) is 0 Å². The lowest BCUT2D eigenvalue weighted by molar-refractivity contribution is -0.117. The molecule has 1 atom stereocenters. The van der Waals surface area contributed by atoms with Gasteiger partial charge in [0.2, 0.25) is 15.9 Å². The molecule has 1 aromatic heterocycles. The molecule has 1 aromatic rings. The van der Waals surface area contributed by atoms with E-state index in [4.69, 9.17) is 10.4 Å². The van der Waals surface area contributed by atoms with Gasteiger partial charge in [-0.1, -0.05) is 0 Å². The van der Waals surface area contributed by atoms with Crippen molar-refractivity contribution >= 4 is 21.7 Å². The number of hydrogen-bond donors (Lipinski definition) is 1. The molecule has 0 aliphatic carbocycles. The Morgan fingerprint density at radius 1 is 1.55 bits per heavy atom. The number of anilines is 1. The lowest BCUT2D eigenvalue weighted by Crippen LogP contribution is -2.29. The molecule has 20 heavy (non-hydrogen) atoms. The van der Waals surface area contributed by atoms with Crippen molar-refractivity contribution in [2.45, 2.75) is 13.3 Å². The van der Waals surface area contributed by atoms with Crippen LogP contribution >= 0.6 is 0 Å². The summed E-state index contributed by atoms with van der Waals surface area (Å²) < 4.78 is 23.7. The van der Waals surface area contributed by atoms with E-state index in [2.05, 4.69) is 5.10 Å². The first-order valence-corrected chi connectivity index (χ1v) is 7.69. The summed E-state index contributed by atoms with van der Waals surface area (Å²) >= 11 is 0. The quantitative estimate of drug-likeness (QED) is 0.785. The normalized spacial score (nSPS) is 19.4. The third-order valence-corrected chi connectivity index (χ3v) is 4.17. The van der Waals surface area contributed by atoms with Gasteiger partial charge < -0.3 is 0 Å². The van der Waals surface area contributed by atoms with E-state index in [1.165, 1.54) is 9.58 Å². The number of nitrogens with zero attached hydrogens (tertiary/aromatic N) is 4.